The van der Waals surface area contributed by atoms with Crippen LogP contribution in [0.5, 0.6) is 0 Å². The molecule has 0 aliphatic carbocycles. The first-order valence-electron chi connectivity index (χ1n) is 5.65. The summed E-state index contributed by atoms with van der Waals surface area (Å²) in [7, 11) is 1.88. The topological polar surface area (TPSA) is 67.2 Å². The molecule has 5 nitrogen and oxygen atoms in total. The van der Waals surface area contributed by atoms with Gasteiger partial charge in [0.05, 0.1) is 17.3 Å². The van der Waals surface area contributed by atoms with Gasteiger partial charge in [-0.05, 0) is 31.2 Å². The molecule has 0 fully saturated rings. The molecule has 0 saturated heterocycles. The minimum absolute atomic E-state index is 0.0570. The van der Waals surface area contributed by atoms with Crippen molar-refractivity contribution in [3.63, 3.8) is 0 Å². The number of nitrogens with one attached hydrogen (secondary N) is 1. The standard InChI is InChI=1S/C13H15N3O2/c1-9(12-6-7-14-16(12)2)15-11-5-3-4-10(8-11)13(17)18/h3-9,15H,1-2H3,(H,17,18). The lowest BCUT2D eigenvalue weighted by molar-refractivity contribution is 0.0697. The highest BCUT2D eigenvalue weighted by atomic mass is 16.4. The number of benzene rings is 1. The molecule has 0 spiro atoms. The number of carboxylic acid groups (broad SMARTS) is 1. The molecule has 18 heavy (non-hydrogen) atoms. The third kappa shape index (κ3) is 2.51. The van der Waals surface area contributed by atoms with Gasteiger partial charge in [-0.2, -0.15) is 5.10 Å². The fraction of sp³-hybridized carbons (Fsp3) is 0.231. The van der Waals surface area contributed by atoms with Crippen LogP contribution >= 0.6 is 0 Å². The Hall–Kier alpha value is -2.30. The molecule has 1 aromatic heterocycles. The lowest BCUT2D eigenvalue weighted by atomic mass is 10.1. The number of hydrogen-bond donors (Lipinski definition) is 2. The van der Waals surface area contributed by atoms with E-state index < -0.39 is 5.97 Å². The van der Waals surface area contributed by atoms with Gasteiger partial charge in [-0.25, -0.2) is 4.79 Å². The van der Waals surface area contributed by atoms with Crippen LogP contribution in [-0.4, -0.2) is 20.9 Å². The van der Waals surface area contributed by atoms with Crippen LogP contribution < -0.4 is 5.32 Å². The fourth-order valence-corrected chi connectivity index (χ4v) is 1.87. The van der Waals surface area contributed by atoms with E-state index in [1.807, 2.05) is 26.1 Å². The Morgan fingerprint density at radius 1 is 1.44 bits per heavy atom. The monoisotopic (exact) mass is 245 g/mol. The molecule has 0 aliphatic rings. The summed E-state index contributed by atoms with van der Waals surface area (Å²) in [5.74, 6) is -0.924. The molecular weight excluding hydrogens is 230 g/mol. The van der Waals surface area contributed by atoms with Crippen LogP contribution in [0.25, 0.3) is 0 Å². The van der Waals surface area contributed by atoms with Crippen LogP contribution in [0.3, 0.4) is 0 Å². The molecule has 0 amide bonds. The summed E-state index contributed by atoms with van der Waals surface area (Å²) >= 11 is 0. The molecule has 1 heterocycles. The summed E-state index contributed by atoms with van der Waals surface area (Å²) in [6, 6.07) is 8.75. The third-order valence-corrected chi connectivity index (χ3v) is 2.80. The zero-order valence-electron chi connectivity index (χ0n) is 10.3. The van der Waals surface area contributed by atoms with Gasteiger partial charge in [0.1, 0.15) is 0 Å². The zero-order chi connectivity index (χ0) is 13.1. The Bertz CT molecular complexity index is 563. The maximum atomic E-state index is 10.9. The van der Waals surface area contributed by atoms with Gasteiger partial charge in [0, 0.05) is 18.9 Å². The minimum atomic E-state index is -0.924. The minimum Gasteiger partial charge on any atom is -0.478 e. The molecule has 0 aliphatic heterocycles. The van der Waals surface area contributed by atoms with Crippen molar-refractivity contribution in [2.24, 2.45) is 7.05 Å². The van der Waals surface area contributed by atoms with Crippen LogP contribution in [0.1, 0.15) is 29.0 Å². The molecule has 94 valence electrons. The van der Waals surface area contributed by atoms with Crippen molar-refractivity contribution >= 4 is 11.7 Å². The number of rotatable bonds is 4. The van der Waals surface area contributed by atoms with E-state index in [0.717, 1.165) is 11.4 Å². The molecule has 0 saturated carbocycles. The van der Waals surface area contributed by atoms with Crippen LogP contribution in [0.2, 0.25) is 0 Å². The van der Waals surface area contributed by atoms with E-state index in [1.165, 1.54) is 0 Å². The molecule has 0 bridgehead atoms. The highest BCUT2D eigenvalue weighted by Gasteiger charge is 2.10. The van der Waals surface area contributed by atoms with Crippen molar-refractivity contribution in [3.8, 4) is 0 Å². The number of carbonyl (C=O) groups is 1. The first-order chi connectivity index (χ1) is 8.58. The Kier molecular flexibility index (Phi) is 3.32. The second-order valence-electron chi connectivity index (χ2n) is 4.13. The quantitative estimate of drug-likeness (QED) is 0.867. The van der Waals surface area contributed by atoms with E-state index in [4.69, 9.17) is 5.11 Å². The van der Waals surface area contributed by atoms with Crippen molar-refractivity contribution in [2.75, 3.05) is 5.32 Å². The van der Waals surface area contributed by atoms with Crippen molar-refractivity contribution in [1.29, 1.82) is 0 Å². The van der Waals surface area contributed by atoms with E-state index in [9.17, 15) is 4.79 Å². The molecule has 2 aromatic rings. The van der Waals surface area contributed by atoms with Gasteiger partial charge >= 0.3 is 5.97 Å². The number of nitrogens with zero attached hydrogens (tertiary/aromatic N) is 2. The smallest absolute Gasteiger partial charge is 0.335 e. The largest absolute Gasteiger partial charge is 0.478 e. The SMILES string of the molecule is CC(Nc1cccc(C(=O)O)c1)c1ccnn1C. The van der Waals surface area contributed by atoms with Gasteiger partial charge in [0.25, 0.3) is 0 Å². The van der Waals surface area contributed by atoms with Gasteiger partial charge in [-0.1, -0.05) is 6.07 Å². The number of aryl methyl sites for hydroxylation is 1. The summed E-state index contributed by atoms with van der Waals surface area (Å²) in [4.78, 5) is 10.9. The Morgan fingerprint density at radius 2 is 2.22 bits per heavy atom. The Morgan fingerprint density at radius 3 is 2.83 bits per heavy atom. The summed E-state index contributed by atoms with van der Waals surface area (Å²) in [6.45, 7) is 2.00. The van der Waals surface area contributed by atoms with Gasteiger partial charge in [-0.3, -0.25) is 4.68 Å². The second kappa shape index (κ2) is 4.91. The number of carboxylic acids is 1. The number of aromatic nitrogens is 2. The molecule has 1 unspecified atom stereocenters. The maximum absolute atomic E-state index is 10.9. The van der Waals surface area contributed by atoms with Crippen LogP contribution in [0, 0.1) is 0 Å². The van der Waals surface area contributed by atoms with Crippen LogP contribution in [-0.2, 0) is 7.05 Å². The molecule has 1 atom stereocenters. The predicted molar refractivity (Wildman–Crippen MR) is 68.6 cm³/mol. The first kappa shape index (κ1) is 12.2. The predicted octanol–water partition coefficient (Wildman–Crippen LogP) is 2.29. The van der Waals surface area contributed by atoms with E-state index in [2.05, 4.69) is 10.4 Å². The highest BCUT2D eigenvalue weighted by molar-refractivity contribution is 5.88. The Balaban J connectivity index is 2.17. The van der Waals surface area contributed by atoms with Crippen LogP contribution in [0.4, 0.5) is 5.69 Å². The van der Waals surface area contributed by atoms with Crippen molar-refractivity contribution in [1.82, 2.24) is 9.78 Å². The van der Waals surface area contributed by atoms with E-state index >= 15 is 0 Å². The average Bonchev–Trinajstić information content (AvgIpc) is 2.76. The van der Waals surface area contributed by atoms with E-state index in [0.29, 0.717) is 0 Å². The second-order valence-corrected chi connectivity index (χ2v) is 4.13. The van der Waals surface area contributed by atoms with Crippen molar-refractivity contribution < 1.29 is 9.90 Å². The summed E-state index contributed by atoms with van der Waals surface area (Å²) in [5.41, 5.74) is 2.09. The number of aromatic carboxylic acids is 1. The molecule has 1 aromatic carbocycles. The number of hydrogen-bond acceptors (Lipinski definition) is 3. The Labute approximate surface area is 105 Å². The average molecular weight is 245 g/mol. The van der Waals surface area contributed by atoms with E-state index in [-0.39, 0.29) is 11.6 Å². The normalized spacial score (nSPS) is 12.1. The third-order valence-electron chi connectivity index (χ3n) is 2.80. The van der Waals surface area contributed by atoms with Gasteiger partial charge < -0.3 is 10.4 Å². The highest BCUT2D eigenvalue weighted by Crippen LogP contribution is 2.19. The van der Waals surface area contributed by atoms with Crippen molar-refractivity contribution in [3.05, 3.63) is 47.8 Å². The lowest BCUT2D eigenvalue weighted by Crippen LogP contribution is -2.11. The molecule has 2 rings (SSSR count). The molecule has 5 heteroatoms. The van der Waals surface area contributed by atoms with E-state index in [1.54, 1.807) is 29.1 Å². The van der Waals surface area contributed by atoms with Gasteiger partial charge in [-0.15, -0.1) is 0 Å². The van der Waals surface area contributed by atoms with Gasteiger partial charge in [0.15, 0.2) is 0 Å². The zero-order valence-corrected chi connectivity index (χ0v) is 10.3. The first-order valence-corrected chi connectivity index (χ1v) is 5.65. The maximum Gasteiger partial charge on any atom is 0.335 e. The summed E-state index contributed by atoms with van der Waals surface area (Å²) in [5, 5.41) is 16.3. The molecule has 0 radical (unpaired) electrons. The molecular formula is C13H15N3O2. The van der Waals surface area contributed by atoms with Crippen LogP contribution in [0.15, 0.2) is 36.5 Å². The number of anilines is 1. The van der Waals surface area contributed by atoms with Gasteiger partial charge in [0.2, 0.25) is 0 Å². The fourth-order valence-electron chi connectivity index (χ4n) is 1.87. The van der Waals surface area contributed by atoms with Crippen molar-refractivity contribution in [2.45, 2.75) is 13.0 Å². The summed E-state index contributed by atoms with van der Waals surface area (Å²) in [6.07, 6.45) is 1.74. The lowest BCUT2D eigenvalue weighted by Gasteiger charge is -2.15. The molecule has 2 N–H and O–H groups in total. The summed E-state index contributed by atoms with van der Waals surface area (Å²) < 4.78 is 1.79.